The Hall–Kier alpha value is -2.96. The molecule has 10 nitrogen and oxygen atoms in total. The average molecular weight is 505 g/mol. The molecule has 0 atom stereocenters. The molecule has 0 unspecified atom stereocenters. The van der Waals surface area contributed by atoms with Crippen molar-refractivity contribution in [3.63, 3.8) is 0 Å². The van der Waals surface area contributed by atoms with Gasteiger partial charge in [0, 0.05) is 42.0 Å². The Bertz CT molecular complexity index is 1220. The molecular weight excluding hydrogens is 476 g/mol. The molecule has 4 rings (SSSR count). The third kappa shape index (κ3) is 5.57. The molecule has 1 fully saturated rings. The maximum atomic E-state index is 13.0. The minimum atomic E-state index is -3.72. The lowest BCUT2D eigenvalue weighted by Gasteiger charge is -2.27. The van der Waals surface area contributed by atoms with E-state index < -0.39 is 16.1 Å². The fourth-order valence-corrected chi connectivity index (χ4v) is 6.56. The van der Waals surface area contributed by atoms with Gasteiger partial charge < -0.3 is 15.4 Å². The van der Waals surface area contributed by atoms with Gasteiger partial charge >= 0.3 is 6.09 Å². The number of carbonyl (C=O) groups excluding carboxylic acids is 1. The fourth-order valence-electron chi connectivity index (χ4n) is 4.09. The van der Waals surface area contributed by atoms with Crippen molar-refractivity contribution in [2.24, 2.45) is 0 Å². The normalized spacial score (nSPS) is 18.4. The lowest BCUT2D eigenvalue weighted by atomic mass is 9.86. The summed E-state index contributed by atoms with van der Waals surface area (Å²) in [6.07, 6.45) is 6.46. The number of ether oxygens (including phenoxy) is 1. The number of nitrogens with one attached hydrogen (secondary N) is 4. The third-order valence-electron chi connectivity index (χ3n) is 5.76. The van der Waals surface area contributed by atoms with Crippen LogP contribution < -0.4 is 15.4 Å². The summed E-state index contributed by atoms with van der Waals surface area (Å²) in [6, 6.07) is 7.13. The topological polar surface area (TPSA) is 138 Å². The lowest BCUT2D eigenvalue weighted by Crippen LogP contribution is -2.37. The van der Waals surface area contributed by atoms with Crippen LogP contribution in [0.3, 0.4) is 0 Å². The Kier molecular flexibility index (Phi) is 7.49. The number of rotatable bonds is 8. The van der Waals surface area contributed by atoms with Crippen LogP contribution in [0.2, 0.25) is 0 Å². The highest BCUT2D eigenvalue weighted by Crippen LogP contribution is 2.40. The van der Waals surface area contributed by atoms with Crippen LogP contribution in [0.25, 0.3) is 10.4 Å². The number of anilines is 2. The van der Waals surface area contributed by atoms with Gasteiger partial charge in [0.25, 0.3) is 0 Å². The summed E-state index contributed by atoms with van der Waals surface area (Å²) in [5.74, 6) is 0.946. The van der Waals surface area contributed by atoms with Crippen molar-refractivity contribution in [1.29, 1.82) is 0 Å². The van der Waals surface area contributed by atoms with Crippen molar-refractivity contribution in [2.45, 2.75) is 49.5 Å². The van der Waals surface area contributed by atoms with E-state index in [1.807, 2.05) is 6.07 Å². The Morgan fingerprint density at radius 1 is 1.24 bits per heavy atom. The van der Waals surface area contributed by atoms with E-state index in [0.717, 1.165) is 35.6 Å². The largest absolute Gasteiger partial charge is 0.453 e. The molecule has 12 heteroatoms. The number of alkyl carbamates (subject to hydrolysis) is 1. The molecular formula is C22H28N6O4S2. The minimum Gasteiger partial charge on any atom is -0.453 e. The van der Waals surface area contributed by atoms with Gasteiger partial charge in [0.2, 0.25) is 10.0 Å². The SMILES string of the molecule is CCNS(=O)(=O)c1cc(Nc2ccn[nH]2)ccc1-c1cnc(C2CCC(NC(=O)OC)CC2)s1. The monoisotopic (exact) mass is 504 g/mol. The molecule has 0 spiro atoms. The predicted octanol–water partition coefficient (Wildman–Crippen LogP) is 3.96. The highest BCUT2D eigenvalue weighted by molar-refractivity contribution is 7.89. The molecule has 3 aromatic rings. The van der Waals surface area contributed by atoms with Crippen LogP contribution in [-0.2, 0) is 14.8 Å². The summed E-state index contributed by atoms with van der Waals surface area (Å²) in [5.41, 5.74) is 1.24. The summed E-state index contributed by atoms with van der Waals surface area (Å²) in [4.78, 5) is 17.1. The molecule has 0 saturated heterocycles. The first kappa shape index (κ1) is 24.2. The van der Waals surface area contributed by atoms with Crippen molar-refractivity contribution < 1.29 is 17.9 Å². The first-order valence-electron chi connectivity index (χ1n) is 11.1. The van der Waals surface area contributed by atoms with E-state index >= 15 is 0 Å². The van der Waals surface area contributed by atoms with Crippen LogP contribution >= 0.6 is 11.3 Å². The van der Waals surface area contributed by atoms with Gasteiger partial charge in [-0.2, -0.15) is 5.10 Å². The van der Waals surface area contributed by atoms with Crippen LogP contribution in [0.4, 0.5) is 16.3 Å². The molecule has 1 saturated carbocycles. The first-order chi connectivity index (χ1) is 16.4. The summed E-state index contributed by atoms with van der Waals surface area (Å²) in [7, 11) is -2.35. The van der Waals surface area contributed by atoms with Gasteiger partial charge in [0.1, 0.15) is 5.82 Å². The molecule has 1 aliphatic rings. The van der Waals surface area contributed by atoms with Crippen LogP contribution in [0, 0.1) is 0 Å². The number of aromatic amines is 1. The van der Waals surface area contributed by atoms with Gasteiger partial charge in [0.15, 0.2) is 0 Å². The number of carbonyl (C=O) groups is 1. The smallest absolute Gasteiger partial charge is 0.407 e. The number of sulfonamides is 1. The zero-order valence-electron chi connectivity index (χ0n) is 19.0. The number of thiazole rings is 1. The number of nitrogens with zero attached hydrogens (tertiary/aromatic N) is 2. The van der Waals surface area contributed by atoms with Crippen LogP contribution in [0.5, 0.6) is 0 Å². The van der Waals surface area contributed by atoms with Gasteiger partial charge in [0.05, 0.1) is 28.1 Å². The number of methoxy groups -OCH3 is 1. The molecule has 182 valence electrons. The van der Waals surface area contributed by atoms with E-state index in [-0.39, 0.29) is 23.4 Å². The van der Waals surface area contributed by atoms with Crippen molar-refractivity contribution >= 4 is 39.0 Å². The number of aromatic nitrogens is 3. The second-order valence-corrected chi connectivity index (χ2v) is 10.9. The molecule has 1 amide bonds. The zero-order chi connectivity index (χ0) is 24.1. The third-order valence-corrected chi connectivity index (χ3v) is 8.54. The predicted molar refractivity (Wildman–Crippen MR) is 131 cm³/mol. The maximum Gasteiger partial charge on any atom is 0.407 e. The summed E-state index contributed by atoms with van der Waals surface area (Å²) >= 11 is 1.52. The first-order valence-corrected chi connectivity index (χ1v) is 13.4. The number of benzene rings is 1. The Balaban J connectivity index is 1.56. The van der Waals surface area contributed by atoms with Gasteiger partial charge in [-0.1, -0.05) is 13.0 Å². The minimum absolute atomic E-state index is 0.106. The van der Waals surface area contributed by atoms with Gasteiger partial charge in [-0.15, -0.1) is 11.3 Å². The summed E-state index contributed by atoms with van der Waals surface area (Å²) in [6.45, 7) is 2.04. The second kappa shape index (κ2) is 10.5. The summed E-state index contributed by atoms with van der Waals surface area (Å²) in [5, 5.41) is 13.7. The van der Waals surface area contributed by atoms with Crippen molar-refractivity contribution in [3.8, 4) is 10.4 Å². The number of hydrogen-bond acceptors (Lipinski definition) is 8. The van der Waals surface area contributed by atoms with E-state index in [0.29, 0.717) is 17.1 Å². The van der Waals surface area contributed by atoms with Gasteiger partial charge in [-0.25, -0.2) is 22.9 Å². The molecule has 34 heavy (non-hydrogen) atoms. The zero-order valence-corrected chi connectivity index (χ0v) is 20.6. The molecule has 1 aromatic carbocycles. The van der Waals surface area contributed by atoms with Gasteiger partial charge in [-0.3, -0.25) is 5.10 Å². The molecule has 0 aliphatic heterocycles. The summed E-state index contributed by atoms with van der Waals surface area (Å²) < 4.78 is 33.3. The van der Waals surface area contributed by atoms with E-state index in [1.54, 1.807) is 37.5 Å². The van der Waals surface area contributed by atoms with Gasteiger partial charge in [-0.05, 0) is 37.8 Å². The maximum absolute atomic E-state index is 13.0. The second-order valence-electron chi connectivity index (χ2n) is 8.05. The Morgan fingerprint density at radius 3 is 2.71 bits per heavy atom. The highest BCUT2D eigenvalue weighted by Gasteiger charge is 2.27. The van der Waals surface area contributed by atoms with Crippen molar-refractivity contribution in [1.82, 2.24) is 25.2 Å². The average Bonchev–Trinajstić information content (AvgIpc) is 3.52. The van der Waals surface area contributed by atoms with E-state index in [9.17, 15) is 13.2 Å². The van der Waals surface area contributed by atoms with E-state index in [4.69, 9.17) is 0 Å². The quantitative estimate of drug-likeness (QED) is 0.364. The molecule has 0 radical (unpaired) electrons. The molecule has 2 aromatic heterocycles. The van der Waals surface area contributed by atoms with Crippen LogP contribution in [0.1, 0.15) is 43.5 Å². The standard InChI is InChI=1S/C22H28N6O4S2/c1-3-25-34(30,31)19-12-16(26-20-10-11-24-28-20)8-9-17(19)18-13-23-21(33-18)14-4-6-15(7-5-14)27-22(29)32-2/h8-15,25H,3-7H2,1-2H3,(H,27,29)(H2,24,26,28). The highest BCUT2D eigenvalue weighted by atomic mass is 32.2. The van der Waals surface area contributed by atoms with Crippen LogP contribution in [0.15, 0.2) is 41.6 Å². The van der Waals surface area contributed by atoms with E-state index in [1.165, 1.54) is 18.4 Å². The number of amides is 1. The molecule has 4 N–H and O–H groups in total. The number of hydrogen-bond donors (Lipinski definition) is 4. The lowest BCUT2D eigenvalue weighted by molar-refractivity contribution is 0.162. The number of H-pyrrole nitrogens is 1. The van der Waals surface area contributed by atoms with Crippen molar-refractivity contribution in [3.05, 3.63) is 41.7 Å². The molecule has 1 aliphatic carbocycles. The van der Waals surface area contributed by atoms with E-state index in [2.05, 4.69) is 35.3 Å². The Labute approximate surface area is 202 Å². The van der Waals surface area contributed by atoms with Crippen molar-refractivity contribution in [2.75, 3.05) is 19.0 Å². The Morgan fingerprint density at radius 2 is 2.03 bits per heavy atom. The van der Waals surface area contributed by atoms with Crippen LogP contribution in [-0.4, -0.2) is 49.4 Å². The molecule has 0 bridgehead atoms. The fraction of sp³-hybridized carbons (Fsp3) is 0.409. The molecule has 2 heterocycles.